The number of carbonyl (C=O) groups excluding carboxylic acids is 1. The van der Waals surface area contributed by atoms with E-state index in [1.54, 1.807) is 52.0 Å². The zero-order valence-corrected chi connectivity index (χ0v) is 15.2. The Kier molecular flexibility index (Phi) is 4.13. The van der Waals surface area contributed by atoms with Crippen molar-refractivity contribution in [3.63, 3.8) is 0 Å². The van der Waals surface area contributed by atoms with Crippen molar-refractivity contribution < 1.29 is 33.6 Å². The molecule has 6 atom stereocenters. The van der Waals surface area contributed by atoms with E-state index in [4.69, 9.17) is 23.7 Å². The molecule has 1 aromatic rings. The molecule has 1 N–H and O–H groups in total. The number of hydrogen-bond acceptors (Lipinski definition) is 7. The lowest BCUT2D eigenvalue weighted by Gasteiger charge is -2.40. The fourth-order valence-electron chi connectivity index (χ4n) is 3.94. The molecular formula is C19H24O7. The second kappa shape index (κ2) is 6.00. The molecule has 1 saturated carbocycles. The lowest BCUT2D eigenvalue weighted by molar-refractivity contribution is -0.185. The third-order valence-corrected chi connectivity index (χ3v) is 4.90. The molecule has 4 rings (SSSR count). The maximum atomic E-state index is 12.5. The summed E-state index contributed by atoms with van der Waals surface area (Å²) in [6.07, 6.45) is -4.34. The molecule has 2 saturated heterocycles. The average Bonchev–Trinajstić information content (AvgIpc) is 3.07. The minimum Gasteiger partial charge on any atom is -0.453 e. The van der Waals surface area contributed by atoms with Crippen LogP contribution < -0.4 is 0 Å². The molecule has 2 heterocycles. The molecule has 3 aliphatic rings. The number of fused-ring (bicyclic) bond motifs is 3. The first-order chi connectivity index (χ1) is 12.2. The van der Waals surface area contributed by atoms with Gasteiger partial charge in [-0.2, -0.15) is 0 Å². The lowest BCUT2D eigenvalue weighted by Crippen LogP contribution is -2.62. The molecule has 7 nitrogen and oxygen atoms in total. The van der Waals surface area contributed by atoms with Gasteiger partial charge in [-0.3, -0.25) is 0 Å². The minimum atomic E-state index is -1.09. The summed E-state index contributed by atoms with van der Waals surface area (Å²) >= 11 is 0. The molecule has 0 spiro atoms. The second-order valence-corrected chi connectivity index (χ2v) is 7.86. The highest BCUT2D eigenvalue weighted by Gasteiger charge is 2.64. The van der Waals surface area contributed by atoms with Crippen LogP contribution in [0.15, 0.2) is 30.3 Å². The van der Waals surface area contributed by atoms with Gasteiger partial charge in [0.15, 0.2) is 17.7 Å². The summed E-state index contributed by atoms with van der Waals surface area (Å²) in [5.74, 6) is -2.27. The number of aliphatic hydroxyl groups is 1. The van der Waals surface area contributed by atoms with E-state index in [2.05, 4.69) is 0 Å². The average molecular weight is 364 g/mol. The predicted octanol–water partition coefficient (Wildman–Crippen LogP) is 1.63. The van der Waals surface area contributed by atoms with Crippen LogP contribution in [0.1, 0.15) is 38.1 Å². The van der Waals surface area contributed by atoms with Crippen LogP contribution in [-0.2, 0) is 23.7 Å². The number of ether oxygens (including phenoxy) is 5. The summed E-state index contributed by atoms with van der Waals surface area (Å²) in [7, 11) is 0. The molecule has 1 aliphatic carbocycles. The second-order valence-electron chi connectivity index (χ2n) is 7.86. The van der Waals surface area contributed by atoms with Crippen LogP contribution in [0.3, 0.4) is 0 Å². The van der Waals surface area contributed by atoms with Gasteiger partial charge in [0.25, 0.3) is 0 Å². The van der Waals surface area contributed by atoms with Crippen LogP contribution in [-0.4, -0.2) is 59.3 Å². The van der Waals surface area contributed by atoms with Gasteiger partial charge in [0.05, 0.1) is 5.56 Å². The first-order valence-corrected chi connectivity index (χ1v) is 8.82. The van der Waals surface area contributed by atoms with Crippen molar-refractivity contribution in [3.05, 3.63) is 35.9 Å². The first-order valence-electron chi connectivity index (χ1n) is 8.82. The number of benzene rings is 1. The summed E-state index contributed by atoms with van der Waals surface area (Å²) < 4.78 is 29.4. The molecule has 0 radical (unpaired) electrons. The van der Waals surface area contributed by atoms with Crippen molar-refractivity contribution in [1.29, 1.82) is 0 Å². The minimum absolute atomic E-state index is 0.403. The number of rotatable bonds is 2. The molecule has 0 bridgehead atoms. The molecule has 3 fully saturated rings. The molecule has 26 heavy (non-hydrogen) atoms. The van der Waals surface area contributed by atoms with Crippen LogP contribution in [0.2, 0.25) is 0 Å². The fraction of sp³-hybridized carbons (Fsp3) is 0.632. The van der Waals surface area contributed by atoms with Gasteiger partial charge in [0.2, 0.25) is 0 Å². The van der Waals surface area contributed by atoms with Gasteiger partial charge in [-0.25, -0.2) is 4.79 Å². The van der Waals surface area contributed by atoms with Crippen molar-refractivity contribution in [2.75, 3.05) is 0 Å². The van der Waals surface area contributed by atoms with E-state index >= 15 is 0 Å². The third-order valence-electron chi connectivity index (χ3n) is 4.90. The molecule has 0 amide bonds. The number of aliphatic hydroxyl groups excluding tert-OH is 1. The quantitative estimate of drug-likeness (QED) is 0.799. The van der Waals surface area contributed by atoms with Gasteiger partial charge in [-0.05, 0) is 39.8 Å². The van der Waals surface area contributed by atoms with Crippen LogP contribution in [0, 0.1) is 0 Å². The van der Waals surface area contributed by atoms with Crippen LogP contribution in [0.25, 0.3) is 0 Å². The summed E-state index contributed by atoms with van der Waals surface area (Å²) in [6.45, 7) is 7.12. The van der Waals surface area contributed by atoms with Gasteiger partial charge < -0.3 is 28.8 Å². The summed E-state index contributed by atoms with van der Waals surface area (Å²) in [5, 5.41) is 10.9. The Morgan fingerprint density at radius 3 is 2.00 bits per heavy atom. The summed E-state index contributed by atoms with van der Waals surface area (Å²) in [5.41, 5.74) is 0.403. The van der Waals surface area contributed by atoms with Crippen molar-refractivity contribution in [3.8, 4) is 0 Å². The van der Waals surface area contributed by atoms with E-state index in [0.717, 1.165) is 0 Å². The van der Waals surface area contributed by atoms with E-state index in [1.807, 2.05) is 6.07 Å². The van der Waals surface area contributed by atoms with Gasteiger partial charge in [0.1, 0.15) is 30.5 Å². The first kappa shape index (κ1) is 17.9. The van der Waals surface area contributed by atoms with Gasteiger partial charge in [0, 0.05) is 0 Å². The van der Waals surface area contributed by atoms with Crippen LogP contribution >= 0.6 is 0 Å². The monoisotopic (exact) mass is 364 g/mol. The Morgan fingerprint density at radius 2 is 1.38 bits per heavy atom. The smallest absolute Gasteiger partial charge is 0.338 e. The highest BCUT2D eigenvalue weighted by atomic mass is 16.8. The van der Waals surface area contributed by atoms with Crippen molar-refractivity contribution >= 4 is 5.97 Å². The molecule has 142 valence electrons. The van der Waals surface area contributed by atoms with E-state index in [1.165, 1.54) is 0 Å². The Balaban J connectivity index is 1.62. The van der Waals surface area contributed by atoms with Crippen LogP contribution in [0.4, 0.5) is 0 Å². The zero-order valence-electron chi connectivity index (χ0n) is 15.2. The molecule has 2 aliphatic heterocycles. The maximum Gasteiger partial charge on any atom is 0.338 e. The van der Waals surface area contributed by atoms with Gasteiger partial charge in [-0.1, -0.05) is 18.2 Å². The van der Waals surface area contributed by atoms with E-state index < -0.39 is 54.2 Å². The highest BCUT2D eigenvalue weighted by Crippen LogP contribution is 2.45. The predicted molar refractivity (Wildman–Crippen MR) is 89.3 cm³/mol. The summed E-state index contributed by atoms with van der Waals surface area (Å²) in [4.78, 5) is 12.5. The maximum absolute atomic E-state index is 12.5. The Hall–Kier alpha value is -1.51. The highest BCUT2D eigenvalue weighted by molar-refractivity contribution is 5.89. The largest absolute Gasteiger partial charge is 0.453 e. The lowest BCUT2D eigenvalue weighted by atomic mass is 9.85. The van der Waals surface area contributed by atoms with Crippen molar-refractivity contribution in [1.82, 2.24) is 0 Å². The molecule has 0 aromatic heterocycles. The number of esters is 1. The van der Waals surface area contributed by atoms with Gasteiger partial charge in [-0.15, -0.1) is 0 Å². The standard InChI is InChI=1S/C19H24O7/c1-18(2)23-13-11(20)12(22-17(21)10-8-6-5-7-9-10)14-16(15(13)25-18)26-19(3,4)24-14/h5-9,11-16,20H,1-4H3/t11-,12-,13+,14+,15-,16-/m1/s1. The van der Waals surface area contributed by atoms with Gasteiger partial charge >= 0.3 is 5.97 Å². The molecular weight excluding hydrogens is 340 g/mol. The molecule has 0 unspecified atom stereocenters. The Morgan fingerprint density at radius 1 is 0.885 bits per heavy atom. The Labute approximate surface area is 152 Å². The van der Waals surface area contributed by atoms with Crippen molar-refractivity contribution in [2.24, 2.45) is 0 Å². The zero-order chi connectivity index (χ0) is 18.7. The van der Waals surface area contributed by atoms with E-state index in [-0.39, 0.29) is 0 Å². The molecule has 7 heteroatoms. The van der Waals surface area contributed by atoms with Crippen molar-refractivity contribution in [2.45, 2.75) is 75.9 Å². The van der Waals surface area contributed by atoms with E-state index in [0.29, 0.717) is 5.56 Å². The topological polar surface area (TPSA) is 83.5 Å². The summed E-state index contributed by atoms with van der Waals surface area (Å²) in [6, 6.07) is 8.64. The van der Waals surface area contributed by atoms with Crippen LogP contribution in [0.5, 0.6) is 0 Å². The SMILES string of the molecule is CC1(C)O[C@@H]2[C@@H](O1)[C@H](OC(=O)c1ccccc1)[C@@H](O)[C@@H]1OC(C)(C)O[C@@H]21. The molecule has 1 aromatic carbocycles. The number of hydrogen-bond donors (Lipinski definition) is 1. The Bertz CT molecular complexity index is 686. The van der Waals surface area contributed by atoms with E-state index in [9.17, 15) is 9.90 Å². The number of carbonyl (C=O) groups is 1. The fourth-order valence-corrected chi connectivity index (χ4v) is 3.94. The third kappa shape index (κ3) is 3.04. The normalized spacial score (nSPS) is 39.9.